The quantitative estimate of drug-likeness (QED) is 0.849. The summed E-state index contributed by atoms with van der Waals surface area (Å²) in [5.41, 5.74) is 1.20. The minimum absolute atomic E-state index is 0.284. The van der Waals surface area contributed by atoms with Gasteiger partial charge in [-0.1, -0.05) is 18.2 Å². The zero-order chi connectivity index (χ0) is 10.3. The molecular formula is C10H8BrNO2. The first-order valence-corrected chi connectivity index (χ1v) is 4.88. The van der Waals surface area contributed by atoms with Crippen molar-refractivity contribution in [1.29, 1.82) is 0 Å². The van der Waals surface area contributed by atoms with Crippen LogP contribution >= 0.6 is 15.9 Å². The third-order valence-electron chi connectivity index (χ3n) is 2.25. The predicted molar refractivity (Wildman–Crippen MR) is 57.6 cm³/mol. The number of hydrogen-bond donors (Lipinski definition) is 1. The number of aromatic carboxylic acids is 1. The fourth-order valence-corrected chi connectivity index (χ4v) is 2.36. The van der Waals surface area contributed by atoms with E-state index < -0.39 is 5.97 Å². The summed E-state index contributed by atoms with van der Waals surface area (Å²) in [6.45, 7) is 0. The van der Waals surface area contributed by atoms with Gasteiger partial charge in [-0.15, -0.1) is 0 Å². The van der Waals surface area contributed by atoms with Crippen molar-refractivity contribution in [3.8, 4) is 0 Å². The molecule has 0 spiro atoms. The minimum atomic E-state index is -0.921. The molecular weight excluding hydrogens is 246 g/mol. The van der Waals surface area contributed by atoms with E-state index in [1.807, 2.05) is 24.3 Å². The van der Waals surface area contributed by atoms with Crippen LogP contribution < -0.4 is 0 Å². The highest BCUT2D eigenvalue weighted by Crippen LogP contribution is 2.29. The van der Waals surface area contributed by atoms with Crippen LogP contribution in [0.4, 0.5) is 0 Å². The molecule has 1 N–H and O–H groups in total. The van der Waals surface area contributed by atoms with Gasteiger partial charge in [0.1, 0.15) is 5.69 Å². The van der Waals surface area contributed by atoms with Crippen molar-refractivity contribution in [3.63, 3.8) is 0 Å². The summed E-state index contributed by atoms with van der Waals surface area (Å²) in [5, 5.41) is 9.92. The van der Waals surface area contributed by atoms with Crippen molar-refractivity contribution in [1.82, 2.24) is 4.57 Å². The number of nitrogens with zero attached hydrogens (tertiary/aromatic N) is 1. The topological polar surface area (TPSA) is 42.2 Å². The fourth-order valence-electron chi connectivity index (χ4n) is 1.58. The number of aryl methyl sites for hydroxylation is 1. The Morgan fingerprint density at radius 3 is 2.64 bits per heavy atom. The Hall–Kier alpha value is -1.29. The van der Waals surface area contributed by atoms with E-state index in [0.29, 0.717) is 4.47 Å². The third-order valence-corrected chi connectivity index (χ3v) is 3.05. The number of benzene rings is 1. The van der Waals surface area contributed by atoms with Crippen LogP contribution in [0, 0.1) is 0 Å². The van der Waals surface area contributed by atoms with Gasteiger partial charge in [-0.25, -0.2) is 4.79 Å². The molecule has 14 heavy (non-hydrogen) atoms. The van der Waals surface area contributed by atoms with E-state index in [4.69, 9.17) is 5.11 Å². The normalized spacial score (nSPS) is 10.7. The number of para-hydroxylation sites is 1. The molecule has 3 nitrogen and oxygen atoms in total. The average molecular weight is 254 g/mol. The lowest BCUT2D eigenvalue weighted by atomic mass is 10.2. The van der Waals surface area contributed by atoms with Crippen LogP contribution in [0.15, 0.2) is 28.7 Å². The Kier molecular flexibility index (Phi) is 2.07. The second-order valence-electron chi connectivity index (χ2n) is 3.04. The molecule has 1 aromatic carbocycles. The van der Waals surface area contributed by atoms with Crippen LogP contribution in [0.5, 0.6) is 0 Å². The van der Waals surface area contributed by atoms with Gasteiger partial charge in [-0.2, -0.15) is 0 Å². The summed E-state index contributed by atoms with van der Waals surface area (Å²) in [7, 11) is 1.75. The maximum atomic E-state index is 11.0. The zero-order valence-corrected chi connectivity index (χ0v) is 9.08. The fraction of sp³-hybridized carbons (Fsp3) is 0.100. The van der Waals surface area contributed by atoms with Gasteiger partial charge in [0.15, 0.2) is 0 Å². The van der Waals surface area contributed by atoms with Gasteiger partial charge in [-0.05, 0) is 22.0 Å². The van der Waals surface area contributed by atoms with Crippen molar-refractivity contribution in [3.05, 3.63) is 34.4 Å². The Balaban J connectivity index is 2.92. The van der Waals surface area contributed by atoms with E-state index in [9.17, 15) is 4.79 Å². The molecule has 0 fully saturated rings. The number of carbonyl (C=O) groups is 1. The molecule has 0 saturated heterocycles. The maximum Gasteiger partial charge on any atom is 0.353 e. The first kappa shape index (κ1) is 9.27. The largest absolute Gasteiger partial charge is 0.477 e. The molecule has 2 rings (SSSR count). The summed E-state index contributed by atoms with van der Waals surface area (Å²) in [4.78, 5) is 11.0. The van der Waals surface area contributed by atoms with Crippen molar-refractivity contribution in [2.24, 2.45) is 7.05 Å². The highest BCUT2D eigenvalue weighted by atomic mass is 79.9. The van der Waals surface area contributed by atoms with Crippen molar-refractivity contribution in [2.75, 3.05) is 0 Å². The maximum absolute atomic E-state index is 11.0. The van der Waals surface area contributed by atoms with E-state index in [2.05, 4.69) is 15.9 Å². The second-order valence-corrected chi connectivity index (χ2v) is 3.84. The van der Waals surface area contributed by atoms with Gasteiger partial charge in [0, 0.05) is 18.0 Å². The lowest BCUT2D eigenvalue weighted by molar-refractivity contribution is 0.0686. The summed E-state index contributed by atoms with van der Waals surface area (Å²) < 4.78 is 2.31. The standard InChI is InChI=1S/C10H8BrNO2/c1-12-7-5-3-2-4-6(7)8(11)9(12)10(13)14/h2-5H,1H3,(H,13,14). The molecule has 0 bridgehead atoms. The zero-order valence-electron chi connectivity index (χ0n) is 7.49. The van der Waals surface area contributed by atoms with E-state index in [-0.39, 0.29) is 5.69 Å². The summed E-state index contributed by atoms with van der Waals surface area (Å²) in [6, 6.07) is 7.57. The Morgan fingerprint density at radius 2 is 2.07 bits per heavy atom. The van der Waals surface area contributed by atoms with Crippen LogP contribution in [0.1, 0.15) is 10.5 Å². The number of hydrogen-bond acceptors (Lipinski definition) is 1. The summed E-state index contributed by atoms with van der Waals surface area (Å²) >= 11 is 3.30. The predicted octanol–water partition coefficient (Wildman–Crippen LogP) is 2.64. The summed E-state index contributed by atoms with van der Waals surface area (Å²) in [6.07, 6.45) is 0. The SMILES string of the molecule is Cn1c(C(=O)O)c(Br)c2ccccc21. The van der Waals surface area contributed by atoms with Crippen LogP contribution in [0.2, 0.25) is 0 Å². The van der Waals surface area contributed by atoms with Gasteiger partial charge in [0.25, 0.3) is 0 Å². The van der Waals surface area contributed by atoms with Crippen molar-refractivity contribution >= 4 is 32.8 Å². The van der Waals surface area contributed by atoms with E-state index in [1.54, 1.807) is 11.6 Å². The van der Waals surface area contributed by atoms with Gasteiger partial charge < -0.3 is 9.67 Å². The molecule has 0 saturated carbocycles. The first-order chi connectivity index (χ1) is 6.63. The van der Waals surface area contributed by atoms with Crippen LogP contribution in [-0.2, 0) is 7.05 Å². The smallest absolute Gasteiger partial charge is 0.353 e. The van der Waals surface area contributed by atoms with E-state index in [0.717, 1.165) is 10.9 Å². The molecule has 0 atom stereocenters. The number of carboxylic acids is 1. The van der Waals surface area contributed by atoms with Gasteiger partial charge >= 0.3 is 5.97 Å². The molecule has 0 aliphatic heterocycles. The molecule has 2 aromatic rings. The van der Waals surface area contributed by atoms with Crippen molar-refractivity contribution < 1.29 is 9.90 Å². The van der Waals surface area contributed by atoms with Gasteiger partial charge in [-0.3, -0.25) is 0 Å². The number of rotatable bonds is 1. The molecule has 0 radical (unpaired) electrons. The molecule has 72 valence electrons. The molecule has 4 heteroatoms. The third kappa shape index (κ3) is 1.14. The lowest BCUT2D eigenvalue weighted by Crippen LogP contribution is -2.04. The Bertz CT molecular complexity index is 477. The molecule has 0 aliphatic rings. The van der Waals surface area contributed by atoms with E-state index in [1.165, 1.54) is 0 Å². The van der Waals surface area contributed by atoms with Gasteiger partial charge in [0.05, 0.1) is 4.47 Å². The molecule has 1 aromatic heterocycles. The van der Waals surface area contributed by atoms with E-state index >= 15 is 0 Å². The number of halogens is 1. The highest BCUT2D eigenvalue weighted by Gasteiger charge is 2.17. The first-order valence-electron chi connectivity index (χ1n) is 4.09. The molecule has 0 amide bonds. The van der Waals surface area contributed by atoms with Crippen LogP contribution in [0.3, 0.4) is 0 Å². The molecule has 0 aliphatic carbocycles. The molecule has 1 heterocycles. The second kappa shape index (κ2) is 3.13. The Morgan fingerprint density at radius 1 is 1.43 bits per heavy atom. The lowest BCUT2D eigenvalue weighted by Gasteiger charge is -1.98. The average Bonchev–Trinajstić information content (AvgIpc) is 2.41. The number of carboxylic acid groups (broad SMARTS) is 1. The number of fused-ring (bicyclic) bond motifs is 1. The Labute approximate surface area is 89.1 Å². The van der Waals surface area contributed by atoms with Crippen LogP contribution in [-0.4, -0.2) is 15.6 Å². The summed E-state index contributed by atoms with van der Waals surface area (Å²) in [5.74, 6) is -0.921. The van der Waals surface area contributed by atoms with Crippen molar-refractivity contribution in [2.45, 2.75) is 0 Å². The van der Waals surface area contributed by atoms with Gasteiger partial charge in [0.2, 0.25) is 0 Å². The molecule has 0 unspecified atom stereocenters. The minimum Gasteiger partial charge on any atom is -0.477 e. The number of aromatic nitrogens is 1. The monoisotopic (exact) mass is 253 g/mol. The highest BCUT2D eigenvalue weighted by molar-refractivity contribution is 9.10. The van der Waals surface area contributed by atoms with Crippen LogP contribution in [0.25, 0.3) is 10.9 Å².